The molecule has 3 N–H and O–H groups in total. The number of fused-ring (bicyclic) bond motifs is 1. The molecule has 2 aliphatic rings. The minimum atomic E-state index is 0.344. The van der Waals surface area contributed by atoms with E-state index >= 15 is 0 Å². The van der Waals surface area contributed by atoms with Crippen LogP contribution in [0.2, 0.25) is 0 Å². The van der Waals surface area contributed by atoms with Crippen LogP contribution in [-0.4, -0.2) is 42.4 Å². The highest BCUT2D eigenvalue weighted by molar-refractivity contribution is 4.81. The average molecular weight is 171 g/mol. The van der Waals surface area contributed by atoms with E-state index in [-0.39, 0.29) is 0 Å². The van der Waals surface area contributed by atoms with E-state index in [1.165, 1.54) is 0 Å². The Morgan fingerprint density at radius 1 is 1.42 bits per heavy atom. The number of nitrogens with zero attached hydrogens (tertiary/aromatic N) is 1. The van der Waals surface area contributed by atoms with E-state index in [0.29, 0.717) is 18.7 Å². The van der Waals surface area contributed by atoms with Crippen LogP contribution in [0, 0.1) is 5.92 Å². The monoisotopic (exact) mass is 171 g/mol. The molecule has 4 heteroatoms. The quantitative estimate of drug-likeness (QED) is 0.480. The first-order valence-electron chi connectivity index (χ1n) is 4.73. The predicted octanol–water partition coefficient (Wildman–Crippen LogP) is -0.875. The zero-order valence-corrected chi connectivity index (χ0v) is 7.29. The van der Waals surface area contributed by atoms with E-state index in [0.717, 1.165) is 32.5 Å². The third kappa shape index (κ3) is 1.61. The molecule has 12 heavy (non-hydrogen) atoms. The highest BCUT2D eigenvalue weighted by Gasteiger charge is 2.28. The normalized spacial score (nSPS) is 37.8. The number of hydrazine groups is 1. The van der Waals surface area contributed by atoms with Crippen molar-refractivity contribution in [1.29, 1.82) is 0 Å². The highest BCUT2D eigenvalue weighted by Crippen LogP contribution is 2.20. The summed E-state index contributed by atoms with van der Waals surface area (Å²) < 4.78 is 0. The van der Waals surface area contributed by atoms with Gasteiger partial charge in [-0.15, -0.1) is 0 Å². The minimum absolute atomic E-state index is 0.344. The summed E-state index contributed by atoms with van der Waals surface area (Å²) >= 11 is 0. The molecule has 1 unspecified atom stereocenters. The number of hydrogen-bond donors (Lipinski definition) is 3. The molecule has 0 saturated carbocycles. The Morgan fingerprint density at radius 3 is 3.17 bits per heavy atom. The van der Waals surface area contributed by atoms with Gasteiger partial charge in [-0.05, 0) is 18.8 Å². The Bertz CT molecular complexity index is 153. The van der Waals surface area contributed by atoms with Crippen molar-refractivity contribution in [3.8, 4) is 0 Å². The zero-order chi connectivity index (χ0) is 8.39. The van der Waals surface area contributed by atoms with Crippen LogP contribution < -0.4 is 10.9 Å². The number of hydrogen-bond acceptors (Lipinski definition) is 4. The van der Waals surface area contributed by atoms with Gasteiger partial charge in [0.25, 0.3) is 0 Å². The molecule has 0 aromatic carbocycles. The Morgan fingerprint density at radius 2 is 2.33 bits per heavy atom. The smallest absolute Gasteiger partial charge is 0.0729 e. The molecule has 2 heterocycles. The molecule has 0 aromatic rings. The summed E-state index contributed by atoms with van der Waals surface area (Å²) in [4.78, 5) is 2.42. The lowest BCUT2D eigenvalue weighted by molar-refractivity contribution is 0.0297. The lowest BCUT2D eigenvalue weighted by atomic mass is 9.96. The maximum atomic E-state index is 9.02. The summed E-state index contributed by atoms with van der Waals surface area (Å²) in [5.41, 5.74) is 6.42. The number of piperidine rings is 1. The first-order valence-corrected chi connectivity index (χ1v) is 4.73. The first kappa shape index (κ1) is 8.44. The SMILES string of the molecule is OCC1CC[C@@H]2NNCCN2C1. The van der Waals surface area contributed by atoms with Gasteiger partial charge in [0.2, 0.25) is 0 Å². The van der Waals surface area contributed by atoms with Gasteiger partial charge in [0.15, 0.2) is 0 Å². The Hall–Kier alpha value is -0.160. The van der Waals surface area contributed by atoms with Crippen LogP contribution in [0.5, 0.6) is 0 Å². The zero-order valence-electron chi connectivity index (χ0n) is 7.29. The van der Waals surface area contributed by atoms with Gasteiger partial charge in [-0.3, -0.25) is 10.3 Å². The molecule has 2 aliphatic heterocycles. The third-order valence-corrected chi connectivity index (χ3v) is 2.83. The largest absolute Gasteiger partial charge is 0.396 e. The van der Waals surface area contributed by atoms with Gasteiger partial charge in [0.05, 0.1) is 6.17 Å². The summed E-state index contributed by atoms with van der Waals surface area (Å²) in [7, 11) is 0. The van der Waals surface area contributed by atoms with Crippen LogP contribution in [0.3, 0.4) is 0 Å². The molecular weight excluding hydrogens is 154 g/mol. The lowest BCUT2D eigenvalue weighted by Crippen LogP contribution is -2.62. The molecule has 0 aliphatic carbocycles. The fourth-order valence-corrected chi connectivity index (χ4v) is 2.08. The van der Waals surface area contributed by atoms with Gasteiger partial charge >= 0.3 is 0 Å². The molecule has 2 fully saturated rings. The first-order chi connectivity index (χ1) is 5.90. The summed E-state index contributed by atoms with van der Waals surface area (Å²) in [6.45, 7) is 3.51. The third-order valence-electron chi connectivity index (χ3n) is 2.83. The molecule has 0 aromatic heterocycles. The van der Waals surface area contributed by atoms with Gasteiger partial charge in [-0.2, -0.15) is 0 Å². The molecule has 2 saturated heterocycles. The molecule has 0 spiro atoms. The standard InChI is InChI=1S/C8H17N3O/c12-6-7-1-2-8-10-9-3-4-11(8)5-7/h7-10,12H,1-6H2/t7?,8-/m1/s1. The fraction of sp³-hybridized carbons (Fsp3) is 1.00. The summed E-state index contributed by atoms with van der Waals surface area (Å²) in [6.07, 6.45) is 2.80. The van der Waals surface area contributed by atoms with Crippen LogP contribution in [0.4, 0.5) is 0 Å². The van der Waals surface area contributed by atoms with Gasteiger partial charge in [0.1, 0.15) is 0 Å². The second kappa shape index (κ2) is 3.70. The number of nitrogens with one attached hydrogen (secondary N) is 2. The number of aliphatic hydroxyl groups is 1. The van der Waals surface area contributed by atoms with Gasteiger partial charge < -0.3 is 5.11 Å². The number of aliphatic hydroxyl groups excluding tert-OH is 1. The van der Waals surface area contributed by atoms with Crippen molar-refractivity contribution in [2.24, 2.45) is 5.92 Å². The second-order valence-electron chi connectivity index (χ2n) is 3.71. The van der Waals surface area contributed by atoms with Crippen molar-refractivity contribution in [2.75, 3.05) is 26.2 Å². The van der Waals surface area contributed by atoms with E-state index < -0.39 is 0 Å². The van der Waals surface area contributed by atoms with E-state index in [1.54, 1.807) is 0 Å². The second-order valence-corrected chi connectivity index (χ2v) is 3.71. The van der Waals surface area contributed by atoms with Crippen LogP contribution in [0.15, 0.2) is 0 Å². The molecule has 0 bridgehead atoms. The molecule has 0 radical (unpaired) electrons. The topological polar surface area (TPSA) is 47.5 Å². The van der Waals surface area contributed by atoms with Crippen LogP contribution in [-0.2, 0) is 0 Å². The lowest BCUT2D eigenvalue weighted by Gasteiger charge is -2.42. The van der Waals surface area contributed by atoms with Crippen molar-refractivity contribution >= 4 is 0 Å². The van der Waals surface area contributed by atoms with Crippen molar-refractivity contribution < 1.29 is 5.11 Å². The van der Waals surface area contributed by atoms with E-state index in [1.807, 2.05) is 0 Å². The Kier molecular flexibility index (Phi) is 2.60. The maximum Gasteiger partial charge on any atom is 0.0729 e. The average Bonchev–Trinajstić information content (AvgIpc) is 2.17. The van der Waals surface area contributed by atoms with Crippen LogP contribution >= 0.6 is 0 Å². The molecule has 2 rings (SSSR count). The van der Waals surface area contributed by atoms with Gasteiger partial charge in [-0.1, -0.05) is 0 Å². The van der Waals surface area contributed by atoms with Crippen LogP contribution in [0.25, 0.3) is 0 Å². The summed E-state index contributed by atoms with van der Waals surface area (Å²) in [6, 6.07) is 0. The van der Waals surface area contributed by atoms with Crippen molar-refractivity contribution in [1.82, 2.24) is 15.8 Å². The molecule has 0 amide bonds. The molecule has 2 atom stereocenters. The van der Waals surface area contributed by atoms with E-state index in [9.17, 15) is 0 Å². The maximum absolute atomic E-state index is 9.02. The number of rotatable bonds is 1. The highest BCUT2D eigenvalue weighted by atomic mass is 16.3. The Balaban J connectivity index is 1.90. The predicted molar refractivity (Wildman–Crippen MR) is 46.3 cm³/mol. The van der Waals surface area contributed by atoms with Crippen molar-refractivity contribution in [3.05, 3.63) is 0 Å². The van der Waals surface area contributed by atoms with Gasteiger partial charge in [0, 0.05) is 26.2 Å². The fourth-order valence-electron chi connectivity index (χ4n) is 2.08. The minimum Gasteiger partial charge on any atom is -0.396 e. The molecular formula is C8H17N3O. The summed E-state index contributed by atoms with van der Waals surface area (Å²) in [5, 5.41) is 9.02. The molecule has 4 nitrogen and oxygen atoms in total. The Labute approximate surface area is 72.9 Å². The summed E-state index contributed by atoms with van der Waals surface area (Å²) in [5.74, 6) is 0.501. The van der Waals surface area contributed by atoms with Crippen LogP contribution in [0.1, 0.15) is 12.8 Å². The van der Waals surface area contributed by atoms with E-state index in [4.69, 9.17) is 5.11 Å². The molecule has 70 valence electrons. The van der Waals surface area contributed by atoms with Crippen molar-refractivity contribution in [2.45, 2.75) is 19.0 Å². The van der Waals surface area contributed by atoms with Gasteiger partial charge in [-0.25, -0.2) is 5.43 Å². The van der Waals surface area contributed by atoms with E-state index in [2.05, 4.69) is 15.8 Å². The van der Waals surface area contributed by atoms with Crippen molar-refractivity contribution in [3.63, 3.8) is 0 Å².